The van der Waals surface area contributed by atoms with Crippen molar-refractivity contribution in [1.29, 1.82) is 0 Å². The van der Waals surface area contributed by atoms with Crippen LogP contribution in [0.1, 0.15) is 22.7 Å². The average molecular weight is 386 g/mol. The molecular formula is C19H22N4O3S. The molecule has 0 aliphatic heterocycles. The molecule has 0 atom stereocenters. The van der Waals surface area contributed by atoms with E-state index < -0.39 is 0 Å². The van der Waals surface area contributed by atoms with Gasteiger partial charge in [-0.3, -0.25) is 4.79 Å². The lowest BCUT2D eigenvalue weighted by Crippen LogP contribution is -2.24. The van der Waals surface area contributed by atoms with Crippen LogP contribution in [0.5, 0.6) is 5.75 Å². The third-order valence-electron chi connectivity index (χ3n) is 4.21. The summed E-state index contributed by atoms with van der Waals surface area (Å²) in [7, 11) is 1.87. The van der Waals surface area contributed by atoms with Gasteiger partial charge in [-0.15, -0.1) is 10.2 Å². The van der Waals surface area contributed by atoms with Gasteiger partial charge in [-0.05, 0) is 43.2 Å². The van der Waals surface area contributed by atoms with Crippen molar-refractivity contribution < 1.29 is 13.9 Å². The van der Waals surface area contributed by atoms with Crippen LogP contribution < -0.4 is 10.1 Å². The third-order valence-corrected chi connectivity index (χ3v) is 5.23. The van der Waals surface area contributed by atoms with Gasteiger partial charge in [0.15, 0.2) is 11.0 Å². The van der Waals surface area contributed by atoms with Gasteiger partial charge in [-0.25, -0.2) is 0 Å². The predicted octanol–water partition coefficient (Wildman–Crippen LogP) is 3.01. The van der Waals surface area contributed by atoms with E-state index in [0.29, 0.717) is 24.1 Å². The third kappa shape index (κ3) is 4.91. The molecule has 27 heavy (non-hydrogen) atoms. The fraction of sp³-hybridized carbons (Fsp3) is 0.316. The molecule has 142 valence electrons. The molecule has 0 bridgehead atoms. The fourth-order valence-corrected chi connectivity index (χ4v) is 3.16. The Labute approximate surface area is 162 Å². The molecule has 0 aliphatic carbocycles. The summed E-state index contributed by atoms with van der Waals surface area (Å²) >= 11 is 1.33. The van der Waals surface area contributed by atoms with Crippen molar-refractivity contribution in [3.05, 3.63) is 59.3 Å². The summed E-state index contributed by atoms with van der Waals surface area (Å²) in [6.45, 7) is 4.78. The van der Waals surface area contributed by atoms with Gasteiger partial charge < -0.3 is 19.0 Å². The maximum atomic E-state index is 12.0. The summed E-state index contributed by atoms with van der Waals surface area (Å²) in [5, 5.41) is 11.8. The maximum Gasteiger partial charge on any atom is 0.230 e. The molecule has 3 rings (SSSR count). The number of thioether (sulfide) groups is 1. The summed E-state index contributed by atoms with van der Waals surface area (Å²) in [5.74, 6) is 2.43. The van der Waals surface area contributed by atoms with Crippen molar-refractivity contribution in [1.82, 2.24) is 20.1 Å². The van der Waals surface area contributed by atoms with Crippen LogP contribution in [0.3, 0.4) is 0 Å². The van der Waals surface area contributed by atoms with Crippen molar-refractivity contribution in [2.24, 2.45) is 7.05 Å². The van der Waals surface area contributed by atoms with Gasteiger partial charge in [0.05, 0.1) is 18.6 Å². The number of nitrogens with one attached hydrogen (secondary N) is 1. The van der Waals surface area contributed by atoms with Gasteiger partial charge in [0, 0.05) is 7.05 Å². The average Bonchev–Trinajstić information content (AvgIpc) is 3.30. The number of aryl methyl sites for hydroxylation is 1. The second kappa shape index (κ2) is 8.77. The molecule has 7 nitrogen and oxygen atoms in total. The summed E-state index contributed by atoms with van der Waals surface area (Å²) in [6, 6.07) is 9.57. The number of rotatable bonds is 8. The maximum absolute atomic E-state index is 12.0. The first-order valence-corrected chi connectivity index (χ1v) is 9.52. The van der Waals surface area contributed by atoms with Crippen molar-refractivity contribution >= 4 is 17.7 Å². The zero-order valence-corrected chi connectivity index (χ0v) is 16.4. The van der Waals surface area contributed by atoms with E-state index in [1.54, 1.807) is 12.3 Å². The minimum atomic E-state index is -0.0902. The molecule has 0 saturated carbocycles. The van der Waals surface area contributed by atoms with Crippen LogP contribution in [0.2, 0.25) is 0 Å². The molecule has 3 aromatic rings. The summed E-state index contributed by atoms with van der Waals surface area (Å²) in [5.41, 5.74) is 2.30. The molecule has 2 heterocycles. The topological polar surface area (TPSA) is 82.2 Å². The molecule has 0 spiro atoms. The largest absolute Gasteiger partial charge is 0.485 e. The first-order chi connectivity index (χ1) is 13.0. The lowest BCUT2D eigenvalue weighted by Gasteiger charge is -2.10. The van der Waals surface area contributed by atoms with Crippen LogP contribution in [0, 0.1) is 13.8 Å². The number of ether oxygens (including phenoxy) is 1. The number of furan rings is 1. The Kier molecular flexibility index (Phi) is 6.18. The number of carbonyl (C=O) groups is 1. The Morgan fingerprint density at radius 2 is 2.11 bits per heavy atom. The monoisotopic (exact) mass is 386 g/mol. The van der Waals surface area contributed by atoms with Crippen LogP contribution in [-0.4, -0.2) is 26.4 Å². The number of hydrogen-bond acceptors (Lipinski definition) is 6. The van der Waals surface area contributed by atoms with Gasteiger partial charge in [0.25, 0.3) is 0 Å². The number of benzene rings is 1. The molecule has 0 unspecified atom stereocenters. The molecular weight excluding hydrogens is 364 g/mol. The van der Waals surface area contributed by atoms with E-state index >= 15 is 0 Å². The van der Waals surface area contributed by atoms with Crippen molar-refractivity contribution in [2.45, 2.75) is 32.2 Å². The Bertz CT molecular complexity index is 906. The number of hydrogen-bond donors (Lipinski definition) is 1. The Hall–Kier alpha value is -2.74. The molecule has 0 radical (unpaired) electrons. The van der Waals surface area contributed by atoms with E-state index in [0.717, 1.165) is 17.1 Å². The van der Waals surface area contributed by atoms with Gasteiger partial charge in [0.1, 0.15) is 18.1 Å². The van der Waals surface area contributed by atoms with E-state index in [4.69, 9.17) is 9.15 Å². The van der Waals surface area contributed by atoms with E-state index in [2.05, 4.69) is 28.5 Å². The molecule has 1 aromatic carbocycles. The Morgan fingerprint density at radius 1 is 1.26 bits per heavy atom. The van der Waals surface area contributed by atoms with E-state index in [9.17, 15) is 4.79 Å². The highest BCUT2D eigenvalue weighted by Crippen LogP contribution is 2.22. The van der Waals surface area contributed by atoms with Crippen LogP contribution in [0.15, 0.2) is 46.2 Å². The molecule has 0 aliphatic rings. The number of nitrogens with zero attached hydrogens (tertiary/aromatic N) is 3. The van der Waals surface area contributed by atoms with E-state index in [1.165, 1.54) is 17.3 Å². The van der Waals surface area contributed by atoms with Crippen LogP contribution in [-0.2, 0) is 25.0 Å². The van der Waals surface area contributed by atoms with Gasteiger partial charge >= 0.3 is 0 Å². The van der Waals surface area contributed by atoms with Gasteiger partial charge in [-0.2, -0.15) is 0 Å². The van der Waals surface area contributed by atoms with Crippen LogP contribution in [0.4, 0.5) is 0 Å². The van der Waals surface area contributed by atoms with Crippen LogP contribution >= 0.6 is 11.8 Å². The number of carbonyl (C=O) groups excluding carboxylic acids is 1. The van der Waals surface area contributed by atoms with Gasteiger partial charge in [0.2, 0.25) is 5.91 Å². The van der Waals surface area contributed by atoms with Crippen LogP contribution in [0.25, 0.3) is 0 Å². The molecule has 0 fully saturated rings. The lowest BCUT2D eigenvalue weighted by atomic mass is 10.1. The molecule has 2 aromatic heterocycles. The van der Waals surface area contributed by atoms with Crippen molar-refractivity contribution in [3.8, 4) is 5.75 Å². The standard InChI is InChI=1S/C19H22N4O3S/c1-13-6-4-8-16(14(13)2)26-11-17-21-22-19(23(17)3)27-12-18(24)20-10-15-7-5-9-25-15/h4-9H,10-12H2,1-3H3,(H,20,24). The highest BCUT2D eigenvalue weighted by molar-refractivity contribution is 7.99. The molecule has 1 amide bonds. The van der Waals surface area contributed by atoms with E-state index in [1.807, 2.05) is 36.7 Å². The minimum absolute atomic E-state index is 0.0902. The highest BCUT2D eigenvalue weighted by Gasteiger charge is 2.13. The van der Waals surface area contributed by atoms with Crippen molar-refractivity contribution in [3.63, 3.8) is 0 Å². The lowest BCUT2D eigenvalue weighted by molar-refractivity contribution is -0.118. The highest BCUT2D eigenvalue weighted by atomic mass is 32.2. The summed E-state index contributed by atoms with van der Waals surface area (Å²) in [4.78, 5) is 12.0. The SMILES string of the molecule is Cc1cccc(OCc2nnc(SCC(=O)NCc3ccco3)n2C)c1C. The van der Waals surface area contributed by atoms with Crippen molar-refractivity contribution in [2.75, 3.05) is 5.75 Å². The van der Waals surface area contributed by atoms with E-state index in [-0.39, 0.29) is 11.7 Å². The number of aromatic nitrogens is 3. The first-order valence-electron chi connectivity index (χ1n) is 8.53. The number of amides is 1. The zero-order valence-electron chi connectivity index (χ0n) is 15.6. The minimum Gasteiger partial charge on any atom is -0.485 e. The molecule has 0 saturated heterocycles. The quantitative estimate of drug-likeness (QED) is 0.599. The normalized spacial score (nSPS) is 10.8. The summed E-state index contributed by atoms with van der Waals surface area (Å²) in [6.07, 6.45) is 1.58. The zero-order chi connectivity index (χ0) is 19.2. The Balaban J connectivity index is 1.50. The smallest absolute Gasteiger partial charge is 0.230 e. The second-order valence-corrected chi connectivity index (χ2v) is 7.03. The molecule has 1 N–H and O–H groups in total. The summed E-state index contributed by atoms with van der Waals surface area (Å²) < 4.78 is 12.9. The predicted molar refractivity (Wildman–Crippen MR) is 103 cm³/mol. The first kappa shape index (κ1) is 19.0. The fourth-order valence-electron chi connectivity index (χ4n) is 2.40. The molecule has 8 heteroatoms. The van der Waals surface area contributed by atoms with Gasteiger partial charge in [-0.1, -0.05) is 23.9 Å². The Morgan fingerprint density at radius 3 is 2.89 bits per heavy atom. The second-order valence-electron chi connectivity index (χ2n) is 6.09.